The van der Waals surface area contributed by atoms with Crippen LogP contribution in [0.2, 0.25) is 5.15 Å². The van der Waals surface area contributed by atoms with Crippen molar-refractivity contribution in [3.63, 3.8) is 0 Å². The molecule has 4 aromatic rings. The Labute approximate surface area is 179 Å². The van der Waals surface area contributed by atoms with Crippen molar-refractivity contribution < 1.29 is 17.7 Å². The lowest BCUT2D eigenvalue weighted by molar-refractivity contribution is -0.136. The summed E-state index contributed by atoms with van der Waals surface area (Å²) in [6.45, 7) is 2.04. The molecule has 0 aliphatic heterocycles. The smallest absolute Gasteiger partial charge is 0.337 e. The van der Waals surface area contributed by atoms with E-state index in [0.29, 0.717) is 23.2 Å². The van der Waals surface area contributed by atoms with E-state index in [9.17, 15) is 18.4 Å². The van der Waals surface area contributed by atoms with Gasteiger partial charge >= 0.3 is 6.18 Å². The molecule has 1 aromatic carbocycles. The normalized spacial score (nSPS) is 11.7. The molecule has 6 nitrogen and oxygen atoms in total. The van der Waals surface area contributed by atoms with Crippen molar-refractivity contribution in [1.29, 1.82) is 5.26 Å². The van der Waals surface area contributed by atoms with Gasteiger partial charge in [-0.05, 0) is 36.8 Å². The molecule has 0 saturated carbocycles. The third-order valence-corrected chi connectivity index (χ3v) is 5.14. The number of benzene rings is 1. The fourth-order valence-electron chi connectivity index (χ4n) is 3.55. The van der Waals surface area contributed by atoms with Gasteiger partial charge < -0.3 is 9.09 Å². The molecule has 0 unspecified atom stereocenters. The first-order valence-electron chi connectivity index (χ1n) is 9.39. The Kier molecular flexibility index (Phi) is 5.41. The molecule has 3 aromatic heterocycles. The van der Waals surface area contributed by atoms with Crippen LogP contribution < -0.4 is 0 Å². The number of fused-ring (bicyclic) bond motifs is 1. The summed E-state index contributed by atoms with van der Waals surface area (Å²) in [5, 5.41) is 13.3. The molecule has 158 valence electrons. The Bertz CT molecular complexity index is 1300. The number of hydrogen-bond acceptors (Lipinski definition) is 5. The second-order valence-corrected chi connectivity index (χ2v) is 7.22. The first kappa shape index (κ1) is 20.9. The van der Waals surface area contributed by atoms with Gasteiger partial charge in [-0.3, -0.25) is 0 Å². The first-order valence-corrected chi connectivity index (χ1v) is 9.77. The molecule has 0 radical (unpaired) electrons. The summed E-state index contributed by atoms with van der Waals surface area (Å²) < 4.78 is 48.2. The molecule has 0 fully saturated rings. The minimum atomic E-state index is -4.66. The fourth-order valence-corrected chi connectivity index (χ4v) is 3.75. The number of pyridine rings is 1. The largest absolute Gasteiger partial charge is 0.418 e. The zero-order chi connectivity index (χ0) is 22.2. The number of alkyl halides is 3. The van der Waals surface area contributed by atoms with Crippen LogP contribution in [0.3, 0.4) is 0 Å². The van der Waals surface area contributed by atoms with E-state index >= 15 is 0 Å². The van der Waals surface area contributed by atoms with Crippen LogP contribution in [0.5, 0.6) is 0 Å². The maximum atomic E-state index is 13.7. The molecule has 4 rings (SSSR count). The van der Waals surface area contributed by atoms with Crippen LogP contribution in [0, 0.1) is 11.3 Å². The highest BCUT2D eigenvalue weighted by atomic mass is 35.5. The van der Waals surface area contributed by atoms with E-state index < -0.39 is 17.3 Å². The van der Waals surface area contributed by atoms with Gasteiger partial charge in [-0.2, -0.15) is 23.4 Å². The summed E-state index contributed by atoms with van der Waals surface area (Å²) in [4.78, 5) is 8.30. The molecule has 0 N–H and O–H groups in total. The van der Waals surface area contributed by atoms with Crippen molar-refractivity contribution >= 4 is 22.5 Å². The van der Waals surface area contributed by atoms with E-state index in [4.69, 9.17) is 16.1 Å². The van der Waals surface area contributed by atoms with Gasteiger partial charge in [0.2, 0.25) is 0 Å². The summed E-state index contributed by atoms with van der Waals surface area (Å²) in [5.74, 6) is 0.451. The molecule has 0 amide bonds. The van der Waals surface area contributed by atoms with Crippen LogP contribution in [0.4, 0.5) is 13.2 Å². The Morgan fingerprint density at radius 1 is 1.26 bits per heavy atom. The van der Waals surface area contributed by atoms with E-state index in [0.717, 1.165) is 6.42 Å². The summed E-state index contributed by atoms with van der Waals surface area (Å²) in [7, 11) is 0. The van der Waals surface area contributed by atoms with Gasteiger partial charge in [0.1, 0.15) is 5.15 Å². The van der Waals surface area contributed by atoms with Gasteiger partial charge in [0.15, 0.2) is 5.82 Å². The number of nitrogens with zero attached hydrogens (tertiary/aromatic N) is 5. The van der Waals surface area contributed by atoms with Crippen LogP contribution >= 0.6 is 11.6 Å². The topological polar surface area (TPSA) is 80.5 Å². The highest BCUT2D eigenvalue weighted by molar-refractivity contribution is 6.31. The molecule has 3 heterocycles. The SMILES string of the molecule is CCCc1cc2c(C(F)(F)F)c(C#N)ccc2n1Cc1noc(-c2cccnc2Cl)n1. The van der Waals surface area contributed by atoms with Crippen molar-refractivity contribution in [3.8, 4) is 17.5 Å². The Morgan fingerprint density at radius 2 is 2.06 bits per heavy atom. The lowest BCUT2D eigenvalue weighted by atomic mass is 10.0. The maximum Gasteiger partial charge on any atom is 0.418 e. The van der Waals surface area contributed by atoms with Crippen LogP contribution in [-0.2, 0) is 19.1 Å². The molecule has 10 heteroatoms. The first-order chi connectivity index (χ1) is 14.8. The van der Waals surface area contributed by atoms with Crippen molar-refractivity contribution in [3.05, 3.63) is 64.3 Å². The lowest BCUT2D eigenvalue weighted by Crippen LogP contribution is -2.09. The highest BCUT2D eigenvalue weighted by Gasteiger charge is 2.36. The van der Waals surface area contributed by atoms with Crippen LogP contribution in [0.25, 0.3) is 22.4 Å². The van der Waals surface area contributed by atoms with Crippen molar-refractivity contribution in [2.75, 3.05) is 0 Å². The number of aryl methyl sites for hydroxylation is 1. The summed E-state index contributed by atoms with van der Waals surface area (Å²) in [5.41, 5.74) is 0.157. The average Bonchev–Trinajstić information content (AvgIpc) is 3.32. The van der Waals surface area contributed by atoms with E-state index in [-0.39, 0.29) is 28.8 Å². The molecule has 0 saturated heterocycles. The van der Waals surface area contributed by atoms with E-state index in [2.05, 4.69) is 15.1 Å². The zero-order valence-electron chi connectivity index (χ0n) is 16.2. The van der Waals surface area contributed by atoms with Crippen molar-refractivity contribution in [2.24, 2.45) is 0 Å². The van der Waals surface area contributed by atoms with Gasteiger partial charge in [-0.1, -0.05) is 30.1 Å². The Morgan fingerprint density at radius 3 is 2.74 bits per heavy atom. The fraction of sp³-hybridized carbons (Fsp3) is 0.238. The molecule has 31 heavy (non-hydrogen) atoms. The Hall–Kier alpha value is -3.38. The summed E-state index contributed by atoms with van der Waals surface area (Å²) in [6.07, 6.45) is -1.85. The maximum absolute atomic E-state index is 13.7. The number of hydrogen-bond donors (Lipinski definition) is 0. The van der Waals surface area contributed by atoms with Crippen molar-refractivity contribution in [2.45, 2.75) is 32.5 Å². The van der Waals surface area contributed by atoms with Crippen molar-refractivity contribution in [1.82, 2.24) is 19.7 Å². The minimum absolute atomic E-state index is 0.0194. The third-order valence-electron chi connectivity index (χ3n) is 4.84. The Balaban J connectivity index is 1.82. The molecular weight excluding hydrogens is 431 g/mol. The average molecular weight is 446 g/mol. The standard InChI is InChI=1S/C21H15ClF3N5O/c1-2-4-13-9-15-16(7-6-12(10-26)18(15)21(23,24)25)30(13)11-17-28-20(31-29-17)14-5-3-8-27-19(14)22/h3,5-9H,2,4,11H2,1H3. The van der Waals surface area contributed by atoms with E-state index in [1.165, 1.54) is 24.4 Å². The van der Waals surface area contributed by atoms with Gasteiger partial charge in [-0.15, -0.1) is 0 Å². The van der Waals surface area contributed by atoms with E-state index in [1.54, 1.807) is 22.8 Å². The molecule has 0 atom stereocenters. The van der Waals surface area contributed by atoms with Crippen LogP contribution in [0.15, 0.2) is 41.1 Å². The van der Waals surface area contributed by atoms with Gasteiger partial charge in [0.05, 0.1) is 29.3 Å². The number of aromatic nitrogens is 4. The molecule has 0 aliphatic rings. The van der Waals surface area contributed by atoms with Gasteiger partial charge in [0, 0.05) is 22.8 Å². The number of nitriles is 1. The second-order valence-electron chi connectivity index (χ2n) is 6.86. The quantitative estimate of drug-likeness (QED) is 0.372. The lowest BCUT2D eigenvalue weighted by Gasteiger charge is -2.11. The second kappa shape index (κ2) is 8.04. The number of rotatable bonds is 5. The molecule has 0 bridgehead atoms. The van der Waals surface area contributed by atoms with Crippen LogP contribution in [0.1, 0.15) is 36.0 Å². The van der Waals surface area contributed by atoms with Gasteiger partial charge in [0.25, 0.3) is 5.89 Å². The van der Waals surface area contributed by atoms with Crippen LogP contribution in [-0.4, -0.2) is 19.7 Å². The monoisotopic (exact) mass is 445 g/mol. The molecule has 0 aliphatic carbocycles. The molecular formula is C21H15ClF3N5O. The summed E-state index contributed by atoms with van der Waals surface area (Å²) >= 11 is 6.07. The predicted molar refractivity (Wildman–Crippen MR) is 107 cm³/mol. The zero-order valence-corrected chi connectivity index (χ0v) is 17.0. The number of halogens is 4. The van der Waals surface area contributed by atoms with Gasteiger partial charge in [-0.25, -0.2) is 4.98 Å². The summed E-state index contributed by atoms with van der Waals surface area (Å²) in [6, 6.07) is 9.19. The third kappa shape index (κ3) is 3.86. The minimum Gasteiger partial charge on any atom is -0.337 e. The molecule has 0 spiro atoms. The predicted octanol–water partition coefficient (Wildman–Crippen LogP) is 5.63. The highest BCUT2D eigenvalue weighted by Crippen LogP contribution is 2.39. The van der Waals surface area contributed by atoms with E-state index in [1.807, 2.05) is 6.92 Å².